The van der Waals surface area contributed by atoms with Crippen molar-refractivity contribution in [3.05, 3.63) is 30.5 Å². The van der Waals surface area contributed by atoms with Crippen LogP contribution < -0.4 is 0 Å². The molecule has 106 valence electrons. The van der Waals surface area contributed by atoms with Crippen molar-refractivity contribution in [2.24, 2.45) is 0 Å². The lowest BCUT2D eigenvalue weighted by molar-refractivity contribution is 0.479. The van der Waals surface area contributed by atoms with Crippen LogP contribution in [0.15, 0.2) is 35.4 Å². The van der Waals surface area contributed by atoms with E-state index in [-0.39, 0.29) is 11.0 Å². The summed E-state index contributed by atoms with van der Waals surface area (Å²) in [4.78, 5) is 4.38. The first-order chi connectivity index (χ1) is 9.60. The topological polar surface area (TPSA) is 67.3 Å². The lowest BCUT2D eigenvalue weighted by atomic mass is 10.0. The van der Waals surface area contributed by atoms with Crippen LogP contribution >= 0.6 is 0 Å². The normalized spacial score (nSPS) is 17.4. The maximum Gasteiger partial charge on any atom is 0.181 e. The zero-order chi connectivity index (χ0) is 14.2. The Morgan fingerprint density at radius 2 is 1.85 bits per heavy atom. The molecule has 0 radical (unpaired) electrons. The number of aromatic nitrogens is 1. The van der Waals surface area contributed by atoms with Crippen molar-refractivity contribution in [1.29, 1.82) is 0 Å². The maximum absolute atomic E-state index is 12.8. The maximum atomic E-state index is 12.8. The highest BCUT2D eigenvalue weighted by molar-refractivity contribution is 7.92. The van der Waals surface area contributed by atoms with Gasteiger partial charge in [0.25, 0.3) is 0 Å². The van der Waals surface area contributed by atoms with Gasteiger partial charge < -0.3 is 5.11 Å². The van der Waals surface area contributed by atoms with Gasteiger partial charge in [0.15, 0.2) is 9.84 Å². The van der Waals surface area contributed by atoms with E-state index >= 15 is 0 Å². The van der Waals surface area contributed by atoms with E-state index < -0.39 is 9.84 Å². The van der Waals surface area contributed by atoms with E-state index in [0.29, 0.717) is 15.8 Å². The summed E-state index contributed by atoms with van der Waals surface area (Å²) in [7, 11) is -3.36. The second kappa shape index (κ2) is 5.05. The van der Waals surface area contributed by atoms with Crippen LogP contribution in [0.1, 0.15) is 32.1 Å². The molecule has 0 bridgehead atoms. The molecule has 1 aromatic carbocycles. The number of hydrogen-bond acceptors (Lipinski definition) is 4. The third-order valence-corrected chi connectivity index (χ3v) is 6.32. The minimum absolute atomic E-state index is 0.0168. The van der Waals surface area contributed by atoms with E-state index in [1.165, 1.54) is 12.1 Å². The predicted molar refractivity (Wildman–Crippen MR) is 77.5 cm³/mol. The van der Waals surface area contributed by atoms with Gasteiger partial charge in [0, 0.05) is 11.6 Å². The van der Waals surface area contributed by atoms with Crippen molar-refractivity contribution in [2.75, 3.05) is 0 Å². The number of fused-ring (bicyclic) bond motifs is 1. The van der Waals surface area contributed by atoms with Gasteiger partial charge in [0.1, 0.15) is 11.3 Å². The molecule has 1 N–H and O–H groups in total. The molecule has 4 nitrogen and oxygen atoms in total. The van der Waals surface area contributed by atoms with Gasteiger partial charge in [-0.15, -0.1) is 0 Å². The number of nitrogens with zero attached hydrogens (tertiary/aromatic N) is 1. The van der Waals surface area contributed by atoms with Crippen molar-refractivity contribution < 1.29 is 13.5 Å². The van der Waals surface area contributed by atoms with Gasteiger partial charge in [0.2, 0.25) is 0 Å². The fraction of sp³-hybridized carbons (Fsp3) is 0.400. The molecule has 1 saturated carbocycles. The van der Waals surface area contributed by atoms with Gasteiger partial charge in [-0.3, -0.25) is 4.98 Å². The second-order valence-corrected chi connectivity index (χ2v) is 7.48. The quantitative estimate of drug-likeness (QED) is 0.923. The Morgan fingerprint density at radius 1 is 1.10 bits per heavy atom. The molecule has 1 fully saturated rings. The molecule has 0 unspecified atom stereocenters. The summed E-state index contributed by atoms with van der Waals surface area (Å²) in [5.74, 6) is 0.0168. The van der Waals surface area contributed by atoms with Crippen LogP contribution in [-0.2, 0) is 9.84 Å². The molecule has 1 aliphatic carbocycles. The van der Waals surface area contributed by atoms with Gasteiger partial charge >= 0.3 is 0 Å². The van der Waals surface area contributed by atoms with Gasteiger partial charge in [-0.2, -0.15) is 0 Å². The summed E-state index contributed by atoms with van der Waals surface area (Å²) < 4.78 is 25.6. The Kier molecular flexibility index (Phi) is 3.38. The van der Waals surface area contributed by atoms with Gasteiger partial charge in [-0.25, -0.2) is 8.42 Å². The first-order valence-electron chi connectivity index (χ1n) is 6.91. The van der Waals surface area contributed by atoms with Crippen molar-refractivity contribution in [3.63, 3.8) is 0 Å². The van der Waals surface area contributed by atoms with Crippen LogP contribution in [0, 0.1) is 0 Å². The van der Waals surface area contributed by atoms with Gasteiger partial charge in [-0.1, -0.05) is 19.3 Å². The molecule has 0 saturated heterocycles. The number of rotatable bonds is 2. The average Bonchev–Trinajstić information content (AvgIpc) is 2.48. The molecule has 0 atom stereocenters. The zero-order valence-corrected chi connectivity index (χ0v) is 11.9. The summed E-state index contributed by atoms with van der Waals surface area (Å²) in [6, 6.07) is 6.33. The standard InChI is InChI=1S/C15H17NO3S/c17-13-8-9-14(12-7-4-10-16-15(12)13)20(18,19)11-5-2-1-3-6-11/h4,7-11,17H,1-3,5-6H2. The number of pyridine rings is 1. The van der Waals surface area contributed by atoms with Gasteiger partial charge in [0.05, 0.1) is 10.1 Å². The zero-order valence-electron chi connectivity index (χ0n) is 11.1. The highest BCUT2D eigenvalue weighted by atomic mass is 32.2. The summed E-state index contributed by atoms with van der Waals surface area (Å²) in [5.41, 5.74) is 0.351. The minimum atomic E-state index is -3.36. The molecule has 0 amide bonds. The summed E-state index contributed by atoms with van der Waals surface area (Å²) >= 11 is 0. The largest absolute Gasteiger partial charge is 0.506 e. The number of aromatic hydroxyl groups is 1. The molecular formula is C15H17NO3S. The molecule has 0 aliphatic heterocycles. The van der Waals surface area contributed by atoms with Crippen LogP contribution in [0.3, 0.4) is 0 Å². The van der Waals surface area contributed by atoms with Crippen LogP contribution in [0.25, 0.3) is 10.9 Å². The number of benzene rings is 1. The molecule has 0 spiro atoms. The second-order valence-electron chi connectivity index (χ2n) is 5.29. The van der Waals surface area contributed by atoms with Gasteiger partial charge in [-0.05, 0) is 37.1 Å². The molecule has 1 aromatic heterocycles. The Bertz CT molecular complexity index is 734. The fourth-order valence-electron chi connectivity index (χ4n) is 2.93. The lowest BCUT2D eigenvalue weighted by Gasteiger charge is -2.22. The molecule has 5 heteroatoms. The molecule has 20 heavy (non-hydrogen) atoms. The first kappa shape index (κ1) is 13.4. The van der Waals surface area contributed by atoms with Crippen molar-refractivity contribution in [1.82, 2.24) is 4.98 Å². The van der Waals surface area contributed by atoms with E-state index in [1.807, 2.05) is 0 Å². The number of sulfone groups is 1. The summed E-state index contributed by atoms with van der Waals surface area (Å²) in [5, 5.41) is 10.0. The van der Waals surface area contributed by atoms with Crippen molar-refractivity contribution >= 4 is 20.7 Å². The van der Waals surface area contributed by atoms with E-state index in [4.69, 9.17) is 0 Å². The van der Waals surface area contributed by atoms with Crippen LogP contribution in [0.5, 0.6) is 5.75 Å². The van der Waals surface area contributed by atoms with Crippen LogP contribution in [0.4, 0.5) is 0 Å². The summed E-state index contributed by atoms with van der Waals surface area (Å²) in [6.45, 7) is 0. The number of hydrogen-bond donors (Lipinski definition) is 1. The SMILES string of the molecule is O=S(=O)(c1ccc(O)c2ncccc12)C1CCCCC1. The summed E-state index contributed by atoms with van der Waals surface area (Å²) in [6.07, 6.45) is 6.06. The molecule has 1 aliphatic rings. The van der Waals surface area contributed by atoms with E-state index in [1.54, 1.807) is 18.3 Å². The average molecular weight is 291 g/mol. The smallest absolute Gasteiger partial charge is 0.181 e. The fourth-order valence-corrected chi connectivity index (χ4v) is 4.98. The highest BCUT2D eigenvalue weighted by Crippen LogP contribution is 2.34. The molecule has 1 heterocycles. The molecule has 3 rings (SSSR count). The lowest BCUT2D eigenvalue weighted by Crippen LogP contribution is -2.24. The first-order valence-corrected chi connectivity index (χ1v) is 8.46. The van der Waals surface area contributed by atoms with E-state index in [0.717, 1.165) is 32.1 Å². The Balaban J connectivity index is 2.16. The molecular weight excluding hydrogens is 274 g/mol. The van der Waals surface area contributed by atoms with Crippen molar-refractivity contribution in [3.8, 4) is 5.75 Å². The number of phenols is 1. The third-order valence-electron chi connectivity index (χ3n) is 4.01. The van der Waals surface area contributed by atoms with E-state index in [2.05, 4.69) is 4.98 Å². The monoisotopic (exact) mass is 291 g/mol. The highest BCUT2D eigenvalue weighted by Gasteiger charge is 2.30. The Labute approximate surface area is 118 Å². The third kappa shape index (κ3) is 2.16. The predicted octanol–water partition coefficient (Wildman–Crippen LogP) is 3.05. The van der Waals surface area contributed by atoms with Crippen LogP contribution in [-0.4, -0.2) is 23.8 Å². The molecule has 2 aromatic rings. The van der Waals surface area contributed by atoms with Crippen LogP contribution in [0.2, 0.25) is 0 Å². The number of phenolic OH excluding ortho intramolecular Hbond substituents is 1. The minimum Gasteiger partial charge on any atom is -0.506 e. The Morgan fingerprint density at radius 3 is 2.60 bits per heavy atom. The van der Waals surface area contributed by atoms with Crippen molar-refractivity contribution in [2.45, 2.75) is 42.2 Å². The Hall–Kier alpha value is -1.62. The van der Waals surface area contributed by atoms with E-state index in [9.17, 15) is 13.5 Å².